The zero-order valence-corrected chi connectivity index (χ0v) is 11.2. The normalized spacial score (nSPS) is 10.4. The molecule has 0 heterocycles. The molecular formula is C18H14O2. The third kappa shape index (κ3) is 2.05. The van der Waals surface area contributed by atoms with E-state index in [0.29, 0.717) is 5.56 Å². The second-order valence-corrected chi connectivity index (χ2v) is 4.60. The van der Waals surface area contributed by atoms with Crippen molar-refractivity contribution in [1.29, 1.82) is 0 Å². The molecule has 0 spiro atoms. The van der Waals surface area contributed by atoms with Crippen LogP contribution in [-0.2, 0) is 0 Å². The van der Waals surface area contributed by atoms with Gasteiger partial charge in [-0.1, -0.05) is 48.5 Å². The molecule has 0 N–H and O–H groups in total. The van der Waals surface area contributed by atoms with E-state index >= 15 is 0 Å². The van der Waals surface area contributed by atoms with Crippen molar-refractivity contribution in [2.24, 2.45) is 0 Å². The van der Waals surface area contributed by atoms with Crippen LogP contribution in [0.25, 0.3) is 21.9 Å². The van der Waals surface area contributed by atoms with Gasteiger partial charge in [-0.3, -0.25) is 4.79 Å². The molecule has 2 nitrogen and oxygen atoms in total. The summed E-state index contributed by atoms with van der Waals surface area (Å²) in [6.07, 6.45) is 0.909. The Kier molecular flexibility index (Phi) is 3.21. The lowest BCUT2D eigenvalue weighted by Crippen LogP contribution is -1.90. The highest BCUT2D eigenvalue weighted by Crippen LogP contribution is 2.32. The molecule has 0 bridgehead atoms. The Morgan fingerprint density at radius 1 is 0.900 bits per heavy atom. The van der Waals surface area contributed by atoms with Crippen LogP contribution in [0, 0.1) is 0 Å². The van der Waals surface area contributed by atoms with Gasteiger partial charge in [0, 0.05) is 5.56 Å². The van der Waals surface area contributed by atoms with Crippen molar-refractivity contribution in [3.8, 4) is 16.9 Å². The fourth-order valence-electron chi connectivity index (χ4n) is 2.47. The van der Waals surface area contributed by atoms with E-state index in [1.54, 1.807) is 7.11 Å². The number of carbonyl (C=O) groups excluding carboxylic acids is 1. The van der Waals surface area contributed by atoms with Crippen LogP contribution in [0.5, 0.6) is 5.75 Å². The fourth-order valence-corrected chi connectivity index (χ4v) is 2.47. The van der Waals surface area contributed by atoms with Crippen LogP contribution in [0.1, 0.15) is 10.4 Å². The molecule has 0 saturated carbocycles. The average molecular weight is 262 g/mol. The monoisotopic (exact) mass is 262 g/mol. The summed E-state index contributed by atoms with van der Waals surface area (Å²) >= 11 is 0. The number of ether oxygens (including phenoxy) is 1. The number of benzene rings is 3. The molecule has 0 atom stereocenters. The molecule has 3 rings (SSSR count). The third-order valence-corrected chi connectivity index (χ3v) is 3.47. The van der Waals surface area contributed by atoms with Crippen LogP contribution >= 0.6 is 0 Å². The summed E-state index contributed by atoms with van der Waals surface area (Å²) in [5.41, 5.74) is 2.69. The number of methoxy groups -OCH3 is 1. The molecule has 0 radical (unpaired) electrons. The van der Waals surface area contributed by atoms with Crippen LogP contribution in [0.15, 0.2) is 60.7 Å². The van der Waals surface area contributed by atoms with E-state index < -0.39 is 0 Å². The molecule has 0 unspecified atom stereocenters. The quantitative estimate of drug-likeness (QED) is 0.657. The predicted molar refractivity (Wildman–Crippen MR) is 81.3 cm³/mol. The Labute approximate surface area is 117 Å². The smallest absolute Gasteiger partial charge is 0.150 e. The second kappa shape index (κ2) is 5.17. The molecule has 20 heavy (non-hydrogen) atoms. The van der Waals surface area contributed by atoms with E-state index in [9.17, 15) is 4.79 Å². The molecule has 0 amide bonds. The topological polar surface area (TPSA) is 26.3 Å². The molecule has 0 aliphatic heterocycles. The van der Waals surface area contributed by atoms with Gasteiger partial charge in [-0.25, -0.2) is 0 Å². The van der Waals surface area contributed by atoms with Gasteiger partial charge in [0.25, 0.3) is 0 Å². The van der Waals surface area contributed by atoms with E-state index in [0.717, 1.165) is 33.9 Å². The number of hydrogen-bond donors (Lipinski definition) is 0. The molecule has 3 aromatic rings. The van der Waals surface area contributed by atoms with Crippen molar-refractivity contribution in [3.05, 3.63) is 66.2 Å². The van der Waals surface area contributed by atoms with Gasteiger partial charge in [-0.15, -0.1) is 0 Å². The summed E-state index contributed by atoms with van der Waals surface area (Å²) in [5, 5.41) is 2.21. The minimum absolute atomic E-state index is 0.703. The summed E-state index contributed by atoms with van der Waals surface area (Å²) < 4.78 is 5.18. The summed E-state index contributed by atoms with van der Waals surface area (Å²) in [4.78, 5) is 11.3. The van der Waals surface area contributed by atoms with E-state index in [-0.39, 0.29) is 0 Å². The zero-order valence-electron chi connectivity index (χ0n) is 11.2. The average Bonchev–Trinajstić information content (AvgIpc) is 2.54. The van der Waals surface area contributed by atoms with Gasteiger partial charge in [-0.2, -0.15) is 0 Å². The molecule has 0 aliphatic rings. The fraction of sp³-hybridized carbons (Fsp3) is 0.0556. The molecule has 98 valence electrons. The lowest BCUT2D eigenvalue weighted by molar-refractivity contribution is 0.112. The van der Waals surface area contributed by atoms with Crippen LogP contribution in [0.2, 0.25) is 0 Å². The van der Waals surface area contributed by atoms with E-state index in [1.165, 1.54) is 0 Å². The maximum atomic E-state index is 11.3. The highest BCUT2D eigenvalue weighted by atomic mass is 16.5. The van der Waals surface area contributed by atoms with E-state index in [4.69, 9.17) is 4.74 Å². The highest BCUT2D eigenvalue weighted by molar-refractivity contribution is 6.04. The van der Waals surface area contributed by atoms with E-state index in [2.05, 4.69) is 6.07 Å². The van der Waals surface area contributed by atoms with Gasteiger partial charge in [0.15, 0.2) is 6.29 Å². The Hall–Kier alpha value is -2.61. The predicted octanol–water partition coefficient (Wildman–Crippen LogP) is 4.33. The largest absolute Gasteiger partial charge is 0.497 e. The first kappa shape index (κ1) is 12.4. The highest BCUT2D eigenvalue weighted by Gasteiger charge is 2.09. The van der Waals surface area contributed by atoms with E-state index in [1.807, 2.05) is 54.6 Å². The van der Waals surface area contributed by atoms with Crippen molar-refractivity contribution in [1.82, 2.24) is 0 Å². The summed E-state index contributed by atoms with van der Waals surface area (Å²) in [7, 11) is 1.64. The Morgan fingerprint density at radius 2 is 1.65 bits per heavy atom. The number of hydrogen-bond acceptors (Lipinski definition) is 2. The summed E-state index contributed by atoms with van der Waals surface area (Å²) in [6.45, 7) is 0. The van der Waals surface area contributed by atoms with Gasteiger partial charge in [0.05, 0.1) is 7.11 Å². The van der Waals surface area contributed by atoms with Gasteiger partial charge in [-0.05, 0) is 34.0 Å². The van der Waals surface area contributed by atoms with Crippen LogP contribution in [0.4, 0.5) is 0 Å². The lowest BCUT2D eigenvalue weighted by atomic mass is 9.94. The van der Waals surface area contributed by atoms with Crippen molar-refractivity contribution >= 4 is 17.1 Å². The maximum Gasteiger partial charge on any atom is 0.150 e. The molecule has 0 saturated heterocycles. The SMILES string of the molecule is COc1ccc(-c2c(C=O)ccc3ccccc23)cc1. The number of fused-ring (bicyclic) bond motifs is 1. The van der Waals surface area contributed by atoms with Crippen molar-refractivity contribution in [2.75, 3.05) is 7.11 Å². The Balaban J connectivity index is 2.29. The first-order valence-electron chi connectivity index (χ1n) is 6.45. The minimum atomic E-state index is 0.703. The standard InChI is InChI=1S/C18H14O2/c1-20-16-10-8-14(9-11-16)18-15(12-19)7-6-13-4-2-3-5-17(13)18/h2-12H,1H3. The van der Waals surface area contributed by atoms with Crippen LogP contribution < -0.4 is 4.74 Å². The van der Waals surface area contributed by atoms with Gasteiger partial charge in [0.1, 0.15) is 5.75 Å². The Morgan fingerprint density at radius 3 is 2.35 bits per heavy atom. The first-order chi connectivity index (χ1) is 9.83. The first-order valence-corrected chi connectivity index (χ1v) is 6.45. The second-order valence-electron chi connectivity index (χ2n) is 4.60. The summed E-state index contributed by atoms with van der Waals surface area (Å²) in [6, 6.07) is 19.7. The molecular weight excluding hydrogens is 248 g/mol. The number of rotatable bonds is 3. The van der Waals surface area contributed by atoms with Crippen molar-refractivity contribution in [3.63, 3.8) is 0 Å². The lowest BCUT2D eigenvalue weighted by Gasteiger charge is -2.10. The van der Waals surface area contributed by atoms with Gasteiger partial charge < -0.3 is 4.74 Å². The minimum Gasteiger partial charge on any atom is -0.497 e. The molecule has 0 aliphatic carbocycles. The molecule has 2 heteroatoms. The van der Waals surface area contributed by atoms with Crippen molar-refractivity contribution in [2.45, 2.75) is 0 Å². The van der Waals surface area contributed by atoms with Crippen LogP contribution in [-0.4, -0.2) is 13.4 Å². The number of carbonyl (C=O) groups is 1. The molecule has 0 aromatic heterocycles. The Bertz CT molecular complexity index is 758. The third-order valence-electron chi connectivity index (χ3n) is 3.47. The maximum absolute atomic E-state index is 11.3. The molecule has 3 aromatic carbocycles. The van der Waals surface area contributed by atoms with Gasteiger partial charge in [0.2, 0.25) is 0 Å². The molecule has 0 fully saturated rings. The van der Waals surface area contributed by atoms with Crippen molar-refractivity contribution < 1.29 is 9.53 Å². The zero-order chi connectivity index (χ0) is 13.9. The van der Waals surface area contributed by atoms with Crippen LogP contribution in [0.3, 0.4) is 0 Å². The number of aldehydes is 1. The summed E-state index contributed by atoms with van der Waals surface area (Å²) in [5.74, 6) is 0.807. The van der Waals surface area contributed by atoms with Gasteiger partial charge >= 0.3 is 0 Å².